The van der Waals surface area contributed by atoms with Gasteiger partial charge in [0.25, 0.3) is 5.56 Å². The second-order valence-electron chi connectivity index (χ2n) is 4.93. The summed E-state index contributed by atoms with van der Waals surface area (Å²) in [5.74, 6) is 0. The number of nitrogens with one attached hydrogen (secondary N) is 1. The third-order valence-electron chi connectivity index (χ3n) is 3.30. The number of rotatable bonds is 4. The maximum absolute atomic E-state index is 11.8. The van der Waals surface area contributed by atoms with Gasteiger partial charge < -0.3 is 19.3 Å². The maximum Gasteiger partial charge on any atom is 0.330 e. The molecule has 1 aromatic rings. The summed E-state index contributed by atoms with van der Waals surface area (Å²) in [4.78, 5) is 34.2. The predicted molar refractivity (Wildman–Crippen MR) is 72.4 cm³/mol. The number of hydrogen-bond donors (Lipinski definition) is 3. The van der Waals surface area contributed by atoms with Crippen molar-refractivity contribution in [1.82, 2.24) is 9.55 Å². The van der Waals surface area contributed by atoms with E-state index >= 15 is 0 Å². The number of aliphatic hydroxyl groups is 1. The highest BCUT2D eigenvalue weighted by Gasteiger charge is 2.41. The molecule has 1 aliphatic rings. The number of ether oxygens (including phenoxy) is 1. The lowest BCUT2D eigenvalue weighted by Gasteiger charge is -2.20. The number of nitrogens with zero attached hydrogens (tertiary/aromatic N) is 1. The molecule has 0 spiro atoms. The molecular formula is C11H17N2O7P. The molecule has 0 amide bonds. The van der Waals surface area contributed by atoms with Gasteiger partial charge in [0, 0.05) is 18.2 Å². The van der Waals surface area contributed by atoms with Gasteiger partial charge in [0.05, 0.1) is 12.2 Å². The van der Waals surface area contributed by atoms with E-state index in [9.17, 15) is 19.3 Å². The molecule has 1 aromatic heterocycles. The Morgan fingerprint density at radius 1 is 1.57 bits per heavy atom. The van der Waals surface area contributed by atoms with Crippen molar-refractivity contribution in [2.75, 3.05) is 0 Å². The molecule has 0 radical (unpaired) electrons. The molecule has 118 valence electrons. The van der Waals surface area contributed by atoms with Crippen LogP contribution in [0.1, 0.15) is 25.1 Å². The van der Waals surface area contributed by atoms with Crippen LogP contribution in [0.5, 0.6) is 0 Å². The first-order chi connectivity index (χ1) is 9.79. The molecule has 0 saturated carbocycles. The first-order valence-corrected chi connectivity index (χ1v) is 7.61. The summed E-state index contributed by atoms with van der Waals surface area (Å²) in [5, 5.41) is 9.65. The zero-order valence-electron chi connectivity index (χ0n) is 11.5. The fraction of sp³-hybridized carbons (Fsp3) is 0.636. The lowest BCUT2D eigenvalue weighted by molar-refractivity contribution is -0.0735. The molecule has 1 aliphatic heterocycles. The summed E-state index contributed by atoms with van der Waals surface area (Å²) in [6.07, 6.45) is -1.94. The van der Waals surface area contributed by atoms with E-state index in [1.807, 2.05) is 0 Å². The molecule has 5 atom stereocenters. The van der Waals surface area contributed by atoms with Crippen molar-refractivity contribution in [3.05, 3.63) is 32.6 Å². The Balaban J connectivity index is 2.30. The third-order valence-corrected chi connectivity index (χ3v) is 3.80. The quantitative estimate of drug-likeness (QED) is 0.624. The Labute approximate surface area is 120 Å². The van der Waals surface area contributed by atoms with Gasteiger partial charge in [-0.2, -0.15) is 0 Å². The molecular weight excluding hydrogens is 303 g/mol. The second kappa shape index (κ2) is 6.25. The van der Waals surface area contributed by atoms with Crippen LogP contribution in [-0.4, -0.2) is 37.9 Å². The molecule has 2 rings (SSSR count). The van der Waals surface area contributed by atoms with Crippen molar-refractivity contribution in [3.63, 3.8) is 0 Å². The molecule has 1 fully saturated rings. The smallest absolute Gasteiger partial charge is 0.330 e. The van der Waals surface area contributed by atoms with Crippen LogP contribution < -0.4 is 11.2 Å². The van der Waals surface area contributed by atoms with E-state index in [1.54, 1.807) is 0 Å². The summed E-state index contributed by atoms with van der Waals surface area (Å²) >= 11 is 0. The number of aryl methyl sites for hydroxylation is 1. The van der Waals surface area contributed by atoms with Crippen molar-refractivity contribution in [2.45, 2.75) is 44.8 Å². The fourth-order valence-corrected chi connectivity index (χ4v) is 2.79. The van der Waals surface area contributed by atoms with Crippen LogP contribution in [0.15, 0.2) is 15.8 Å². The largest absolute Gasteiger partial charge is 0.391 e. The summed E-state index contributed by atoms with van der Waals surface area (Å²) in [7, 11) is -3.20. The number of aromatic nitrogens is 2. The molecule has 0 aromatic carbocycles. The normalized spacial score (nSPS) is 28.5. The molecule has 0 aliphatic carbocycles. The van der Waals surface area contributed by atoms with Gasteiger partial charge in [0.1, 0.15) is 12.3 Å². The minimum absolute atomic E-state index is 0.109. The molecule has 2 unspecified atom stereocenters. The molecule has 21 heavy (non-hydrogen) atoms. The van der Waals surface area contributed by atoms with Crippen molar-refractivity contribution in [3.8, 4) is 0 Å². The average Bonchev–Trinajstić information content (AvgIpc) is 2.76. The van der Waals surface area contributed by atoms with E-state index in [4.69, 9.17) is 14.2 Å². The van der Waals surface area contributed by atoms with Crippen molar-refractivity contribution in [2.24, 2.45) is 0 Å². The van der Waals surface area contributed by atoms with E-state index in [2.05, 4.69) is 4.98 Å². The van der Waals surface area contributed by atoms with Crippen LogP contribution in [0.25, 0.3) is 0 Å². The summed E-state index contributed by atoms with van der Waals surface area (Å²) in [5.41, 5.74) is -0.821. The Kier molecular flexibility index (Phi) is 4.80. The standard InChI is InChI=1S/C11H17N2O7P/c1-5-4-13(11(16)12-10(5)15)8-3-7(20-21(17)18)9(19-8)6(2)14/h4,6-9,14,21H,3H2,1-2H3,(H,17,18)(H,12,15,16)/t6-,7+,8+,9?/m0/s1. The van der Waals surface area contributed by atoms with Crippen LogP contribution in [0.2, 0.25) is 0 Å². The average molecular weight is 320 g/mol. The van der Waals surface area contributed by atoms with E-state index in [1.165, 1.54) is 24.6 Å². The highest BCUT2D eigenvalue weighted by molar-refractivity contribution is 7.32. The lowest BCUT2D eigenvalue weighted by Crippen LogP contribution is -2.34. The molecule has 10 heteroatoms. The van der Waals surface area contributed by atoms with Crippen LogP contribution >= 0.6 is 8.25 Å². The monoisotopic (exact) mass is 320 g/mol. The van der Waals surface area contributed by atoms with Crippen LogP contribution in [-0.2, 0) is 13.8 Å². The van der Waals surface area contributed by atoms with Gasteiger partial charge in [-0.15, -0.1) is 0 Å². The second-order valence-corrected chi connectivity index (χ2v) is 5.70. The van der Waals surface area contributed by atoms with Crippen LogP contribution in [0, 0.1) is 6.92 Å². The van der Waals surface area contributed by atoms with Gasteiger partial charge in [-0.3, -0.25) is 18.9 Å². The first kappa shape index (κ1) is 16.1. The van der Waals surface area contributed by atoms with Crippen LogP contribution in [0.3, 0.4) is 0 Å². The number of hydrogen-bond acceptors (Lipinski definition) is 6. The Hall–Kier alpha value is -1.25. The summed E-state index contributed by atoms with van der Waals surface area (Å²) in [6.45, 7) is 3.00. The zero-order valence-corrected chi connectivity index (χ0v) is 12.5. The van der Waals surface area contributed by atoms with Gasteiger partial charge in [-0.1, -0.05) is 0 Å². The minimum Gasteiger partial charge on any atom is -0.391 e. The third kappa shape index (κ3) is 3.50. The Morgan fingerprint density at radius 2 is 2.24 bits per heavy atom. The van der Waals surface area contributed by atoms with Gasteiger partial charge in [0.2, 0.25) is 0 Å². The fourth-order valence-electron chi connectivity index (χ4n) is 2.31. The maximum atomic E-state index is 11.8. The molecule has 9 nitrogen and oxygen atoms in total. The topological polar surface area (TPSA) is 131 Å². The van der Waals surface area contributed by atoms with Gasteiger partial charge >= 0.3 is 13.9 Å². The molecule has 0 bridgehead atoms. The number of aliphatic hydroxyl groups excluding tert-OH is 1. The Morgan fingerprint density at radius 3 is 2.81 bits per heavy atom. The van der Waals surface area contributed by atoms with E-state index in [0.29, 0.717) is 5.56 Å². The van der Waals surface area contributed by atoms with Crippen LogP contribution in [0.4, 0.5) is 0 Å². The molecule has 2 heterocycles. The summed E-state index contributed by atoms with van der Waals surface area (Å²) in [6, 6.07) is 0. The van der Waals surface area contributed by atoms with Gasteiger partial charge in [0.15, 0.2) is 0 Å². The van der Waals surface area contributed by atoms with Crippen molar-refractivity contribution < 1.29 is 23.8 Å². The summed E-state index contributed by atoms with van der Waals surface area (Å²) < 4.78 is 22.4. The number of aromatic amines is 1. The lowest BCUT2D eigenvalue weighted by atomic mass is 10.1. The highest BCUT2D eigenvalue weighted by atomic mass is 31.1. The highest BCUT2D eigenvalue weighted by Crippen LogP contribution is 2.36. The SMILES string of the molecule is Cc1cn([C@H]2C[C@@H](O[PH](=O)O)C([C@H](C)O)O2)c(=O)[nH]c1=O. The van der Waals surface area contributed by atoms with Gasteiger partial charge in [-0.25, -0.2) is 4.79 Å². The first-order valence-electron chi connectivity index (χ1n) is 6.34. The van der Waals surface area contributed by atoms with Gasteiger partial charge in [-0.05, 0) is 13.8 Å². The van der Waals surface area contributed by atoms with Crippen molar-refractivity contribution in [1.29, 1.82) is 0 Å². The van der Waals surface area contributed by atoms with E-state index in [0.717, 1.165) is 0 Å². The molecule has 1 saturated heterocycles. The Bertz CT molecular complexity index is 653. The van der Waals surface area contributed by atoms with E-state index in [-0.39, 0.29) is 6.42 Å². The minimum atomic E-state index is -3.20. The van der Waals surface area contributed by atoms with E-state index < -0.39 is 44.0 Å². The number of H-pyrrole nitrogens is 1. The zero-order chi connectivity index (χ0) is 15.7. The van der Waals surface area contributed by atoms with Crippen molar-refractivity contribution >= 4 is 8.25 Å². The molecule has 3 N–H and O–H groups in total. The predicted octanol–water partition coefficient (Wildman–Crippen LogP) is -0.719.